The lowest BCUT2D eigenvalue weighted by Crippen LogP contribution is -2.40. The molecule has 0 aromatic heterocycles. The Morgan fingerprint density at radius 1 is 0.912 bits per heavy atom. The summed E-state index contributed by atoms with van der Waals surface area (Å²) in [5, 5.41) is 3.19. The molecule has 0 aliphatic rings. The minimum absolute atomic E-state index is 0.0549. The Bertz CT molecular complexity index is 1250. The SMILES string of the molecule is COc1cccc(CNC(=O)CN(c2ccc(Cl)cc2)S(=O)(=O)c2ccc(OC)c(OC)c2)c1. The molecule has 0 aliphatic heterocycles. The van der Waals surface area contributed by atoms with Crippen molar-refractivity contribution < 1.29 is 27.4 Å². The average molecular weight is 505 g/mol. The summed E-state index contributed by atoms with van der Waals surface area (Å²) in [5.41, 5.74) is 1.10. The topological polar surface area (TPSA) is 94.2 Å². The average Bonchev–Trinajstić information content (AvgIpc) is 2.86. The molecule has 3 rings (SSSR count). The summed E-state index contributed by atoms with van der Waals surface area (Å²) < 4.78 is 43.8. The van der Waals surface area contributed by atoms with E-state index in [1.54, 1.807) is 31.4 Å². The van der Waals surface area contributed by atoms with Crippen LogP contribution in [0.15, 0.2) is 71.6 Å². The highest BCUT2D eigenvalue weighted by atomic mass is 35.5. The number of methoxy groups -OCH3 is 3. The van der Waals surface area contributed by atoms with Gasteiger partial charge in [-0.15, -0.1) is 0 Å². The molecule has 3 aromatic rings. The van der Waals surface area contributed by atoms with Gasteiger partial charge in [-0.1, -0.05) is 23.7 Å². The van der Waals surface area contributed by atoms with Crippen LogP contribution in [0.3, 0.4) is 0 Å². The van der Waals surface area contributed by atoms with Crippen LogP contribution in [0.5, 0.6) is 17.2 Å². The van der Waals surface area contributed by atoms with Crippen LogP contribution < -0.4 is 23.8 Å². The smallest absolute Gasteiger partial charge is 0.264 e. The Hall–Kier alpha value is -3.43. The van der Waals surface area contributed by atoms with Crippen molar-refractivity contribution in [1.29, 1.82) is 0 Å². The van der Waals surface area contributed by atoms with Crippen molar-refractivity contribution in [2.24, 2.45) is 0 Å². The molecule has 8 nitrogen and oxygen atoms in total. The van der Waals surface area contributed by atoms with Crippen LogP contribution in [0.4, 0.5) is 5.69 Å². The lowest BCUT2D eigenvalue weighted by atomic mass is 10.2. The molecular weight excluding hydrogens is 480 g/mol. The first-order valence-electron chi connectivity index (χ1n) is 10.2. The van der Waals surface area contributed by atoms with Gasteiger partial charge in [0.1, 0.15) is 12.3 Å². The van der Waals surface area contributed by atoms with Gasteiger partial charge in [0.05, 0.1) is 31.9 Å². The number of benzene rings is 3. The van der Waals surface area contributed by atoms with E-state index in [9.17, 15) is 13.2 Å². The van der Waals surface area contributed by atoms with Crippen molar-refractivity contribution in [1.82, 2.24) is 5.32 Å². The van der Waals surface area contributed by atoms with Gasteiger partial charge in [-0.3, -0.25) is 9.10 Å². The summed E-state index contributed by atoms with van der Waals surface area (Å²) in [6.07, 6.45) is 0. The lowest BCUT2D eigenvalue weighted by molar-refractivity contribution is -0.119. The monoisotopic (exact) mass is 504 g/mol. The Labute approximate surface area is 204 Å². The van der Waals surface area contributed by atoms with Crippen molar-refractivity contribution >= 4 is 33.2 Å². The van der Waals surface area contributed by atoms with Crippen LogP contribution >= 0.6 is 11.6 Å². The van der Waals surface area contributed by atoms with Crippen LogP contribution in [0.25, 0.3) is 0 Å². The fourth-order valence-electron chi connectivity index (χ4n) is 3.20. The molecule has 34 heavy (non-hydrogen) atoms. The van der Waals surface area contributed by atoms with Crippen LogP contribution in [0, 0.1) is 0 Å². The molecule has 1 amide bonds. The van der Waals surface area contributed by atoms with E-state index in [0.29, 0.717) is 16.5 Å². The Morgan fingerprint density at radius 2 is 1.62 bits per heavy atom. The number of amides is 1. The molecule has 0 aliphatic carbocycles. The number of hydrogen-bond acceptors (Lipinski definition) is 6. The maximum absolute atomic E-state index is 13.6. The molecule has 0 fully saturated rings. The Morgan fingerprint density at radius 3 is 2.26 bits per heavy atom. The van der Waals surface area contributed by atoms with Crippen molar-refractivity contribution in [3.63, 3.8) is 0 Å². The van der Waals surface area contributed by atoms with E-state index in [2.05, 4.69) is 5.32 Å². The number of anilines is 1. The van der Waals surface area contributed by atoms with Crippen LogP contribution in [0.2, 0.25) is 5.02 Å². The fraction of sp³-hybridized carbons (Fsp3) is 0.208. The van der Waals surface area contributed by atoms with Gasteiger partial charge >= 0.3 is 0 Å². The van der Waals surface area contributed by atoms with E-state index in [1.807, 2.05) is 12.1 Å². The molecule has 0 atom stereocenters. The number of sulfonamides is 1. The maximum Gasteiger partial charge on any atom is 0.264 e. The number of nitrogens with zero attached hydrogens (tertiary/aromatic N) is 1. The van der Waals surface area contributed by atoms with Crippen LogP contribution in [-0.4, -0.2) is 42.2 Å². The quantitative estimate of drug-likeness (QED) is 0.450. The third kappa shape index (κ3) is 5.92. The number of carbonyl (C=O) groups is 1. The second kappa shape index (κ2) is 11.1. The third-order valence-corrected chi connectivity index (χ3v) is 6.99. The molecule has 3 aromatic carbocycles. The van der Waals surface area contributed by atoms with E-state index in [0.717, 1.165) is 9.87 Å². The van der Waals surface area contributed by atoms with Crippen LogP contribution in [-0.2, 0) is 21.4 Å². The van der Waals surface area contributed by atoms with Gasteiger partial charge in [0.2, 0.25) is 5.91 Å². The summed E-state index contributed by atoms with van der Waals surface area (Å²) in [5.74, 6) is 0.810. The van der Waals surface area contributed by atoms with Crippen molar-refractivity contribution in [3.05, 3.63) is 77.3 Å². The number of rotatable bonds is 10. The predicted molar refractivity (Wildman–Crippen MR) is 130 cm³/mol. The molecule has 180 valence electrons. The van der Waals surface area contributed by atoms with Gasteiger partial charge in [0, 0.05) is 17.6 Å². The Balaban J connectivity index is 1.89. The number of hydrogen-bond donors (Lipinski definition) is 1. The summed E-state index contributed by atoms with van der Waals surface area (Å²) in [4.78, 5) is 12.7. The summed E-state index contributed by atoms with van der Waals surface area (Å²) in [6, 6.07) is 17.7. The summed E-state index contributed by atoms with van der Waals surface area (Å²) in [6.45, 7) is -0.233. The zero-order valence-corrected chi connectivity index (χ0v) is 20.5. The minimum atomic E-state index is -4.14. The van der Waals surface area contributed by atoms with E-state index in [4.69, 9.17) is 25.8 Å². The number of halogens is 1. The minimum Gasteiger partial charge on any atom is -0.497 e. The summed E-state index contributed by atoms with van der Waals surface area (Å²) >= 11 is 5.98. The van der Waals surface area contributed by atoms with E-state index >= 15 is 0 Å². The van der Waals surface area contributed by atoms with Crippen molar-refractivity contribution in [3.8, 4) is 17.2 Å². The molecule has 0 bridgehead atoms. The van der Waals surface area contributed by atoms with Crippen molar-refractivity contribution in [2.75, 3.05) is 32.2 Å². The first-order chi connectivity index (χ1) is 16.3. The first kappa shape index (κ1) is 25.2. The zero-order valence-electron chi connectivity index (χ0n) is 18.9. The third-order valence-electron chi connectivity index (χ3n) is 4.97. The molecule has 0 unspecified atom stereocenters. The molecular formula is C24H25ClN2O6S. The molecule has 0 saturated carbocycles. The van der Waals surface area contributed by atoms with Gasteiger partial charge in [0.25, 0.3) is 10.0 Å². The lowest BCUT2D eigenvalue weighted by Gasteiger charge is -2.24. The molecule has 0 spiro atoms. The highest BCUT2D eigenvalue weighted by Gasteiger charge is 2.28. The van der Waals surface area contributed by atoms with E-state index in [1.165, 1.54) is 44.6 Å². The summed E-state index contributed by atoms with van der Waals surface area (Å²) in [7, 11) is 0.288. The van der Waals surface area contributed by atoms with E-state index in [-0.39, 0.29) is 22.9 Å². The first-order valence-corrected chi connectivity index (χ1v) is 12.0. The van der Waals surface area contributed by atoms with Crippen molar-refractivity contribution in [2.45, 2.75) is 11.4 Å². The zero-order chi connectivity index (χ0) is 24.7. The van der Waals surface area contributed by atoms with Gasteiger partial charge in [0.15, 0.2) is 11.5 Å². The highest BCUT2D eigenvalue weighted by Crippen LogP contribution is 2.32. The number of ether oxygens (including phenoxy) is 3. The fourth-order valence-corrected chi connectivity index (χ4v) is 4.76. The standard InChI is InChI=1S/C24H25ClN2O6S/c1-31-20-6-4-5-17(13-20)15-26-24(28)16-27(19-9-7-18(25)8-10-19)34(29,30)21-11-12-22(32-2)23(14-21)33-3/h4-14H,15-16H2,1-3H3,(H,26,28). The second-order valence-corrected chi connectivity index (χ2v) is 9.43. The van der Waals surface area contributed by atoms with Gasteiger partial charge in [-0.2, -0.15) is 0 Å². The highest BCUT2D eigenvalue weighted by molar-refractivity contribution is 7.92. The number of carbonyl (C=O) groups excluding carboxylic acids is 1. The van der Waals surface area contributed by atoms with Gasteiger partial charge < -0.3 is 19.5 Å². The van der Waals surface area contributed by atoms with Gasteiger partial charge in [-0.05, 0) is 54.1 Å². The second-order valence-electron chi connectivity index (χ2n) is 7.13. The van der Waals surface area contributed by atoms with Gasteiger partial charge in [-0.25, -0.2) is 8.42 Å². The van der Waals surface area contributed by atoms with Crippen LogP contribution in [0.1, 0.15) is 5.56 Å². The molecule has 0 saturated heterocycles. The maximum atomic E-state index is 13.6. The molecule has 0 radical (unpaired) electrons. The van der Waals surface area contributed by atoms with E-state index < -0.39 is 22.5 Å². The largest absolute Gasteiger partial charge is 0.497 e. The predicted octanol–water partition coefficient (Wildman–Crippen LogP) is 3.88. The Kier molecular flexibility index (Phi) is 8.25. The molecule has 0 heterocycles. The molecule has 10 heteroatoms. The normalized spacial score (nSPS) is 10.9. The number of nitrogens with one attached hydrogen (secondary N) is 1. The molecule has 1 N–H and O–H groups in total.